The summed E-state index contributed by atoms with van der Waals surface area (Å²) in [4.78, 5) is 11.1. The molecule has 0 aliphatic heterocycles. The van der Waals surface area contributed by atoms with Crippen LogP contribution in [0.5, 0.6) is 0 Å². The quantitative estimate of drug-likeness (QED) is 0.767. The van der Waals surface area contributed by atoms with E-state index in [0.717, 1.165) is 0 Å². The third kappa shape index (κ3) is 2.54. The Morgan fingerprint density at radius 3 is 2.42 bits per heavy atom. The van der Waals surface area contributed by atoms with Crippen molar-refractivity contribution in [1.82, 2.24) is 0 Å². The molecule has 0 spiro atoms. The number of carbonyl (C=O) groups excluding carboxylic acids is 1. The minimum Gasteiger partial charge on any atom is -0.326 e. The van der Waals surface area contributed by atoms with E-state index in [1.54, 1.807) is 24.3 Å². The molecule has 0 unspecified atom stereocenters. The van der Waals surface area contributed by atoms with Crippen LogP contribution < -0.4 is 5.32 Å². The lowest BCUT2D eigenvalue weighted by atomic mass is 10.3. The molecule has 1 aromatic carbocycles. The second kappa shape index (κ2) is 4.11. The minimum absolute atomic E-state index is 0.129. The SMILES string of the molecule is CC(=O)Nc1ccc(SF)cc1. The summed E-state index contributed by atoms with van der Waals surface area (Å²) >= 11 is 0.184. The van der Waals surface area contributed by atoms with Crippen LogP contribution in [0, 0.1) is 0 Å². The van der Waals surface area contributed by atoms with Crippen LogP contribution in [0.25, 0.3) is 0 Å². The standard InChI is InChI=1S/C8H8FNOS/c1-6(11)10-7-2-4-8(12-9)5-3-7/h2-5H,1H3,(H,10,11). The molecule has 0 aliphatic carbocycles. The molecule has 0 saturated carbocycles. The first-order valence-electron chi connectivity index (χ1n) is 3.38. The number of nitrogens with one attached hydrogen (secondary N) is 1. The van der Waals surface area contributed by atoms with E-state index in [-0.39, 0.29) is 18.1 Å². The fourth-order valence-corrected chi connectivity index (χ4v) is 1.03. The number of carbonyl (C=O) groups is 1. The lowest BCUT2D eigenvalue weighted by molar-refractivity contribution is -0.114. The molecular formula is C8H8FNOS. The Hall–Kier alpha value is -1.03. The van der Waals surface area contributed by atoms with Gasteiger partial charge in [-0.2, -0.15) is 3.89 Å². The zero-order valence-corrected chi connectivity index (χ0v) is 7.32. The topological polar surface area (TPSA) is 29.1 Å². The summed E-state index contributed by atoms with van der Waals surface area (Å²) in [6.07, 6.45) is 0. The molecule has 0 fully saturated rings. The number of halogens is 1. The highest BCUT2D eigenvalue weighted by Crippen LogP contribution is 2.20. The Morgan fingerprint density at radius 1 is 1.42 bits per heavy atom. The first kappa shape index (κ1) is 9.06. The van der Waals surface area contributed by atoms with E-state index in [1.807, 2.05) is 0 Å². The Bertz CT molecular complexity index is 273. The number of hydrogen-bond donors (Lipinski definition) is 1. The van der Waals surface area contributed by atoms with Gasteiger partial charge in [0.1, 0.15) is 0 Å². The van der Waals surface area contributed by atoms with Gasteiger partial charge in [-0.15, -0.1) is 0 Å². The molecule has 0 heterocycles. The van der Waals surface area contributed by atoms with Crippen LogP contribution in [0.4, 0.5) is 9.57 Å². The average molecular weight is 185 g/mol. The molecule has 64 valence electrons. The fraction of sp³-hybridized carbons (Fsp3) is 0.125. The van der Waals surface area contributed by atoms with Crippen LogP contribution in [0.2, 0.25) is 0 Å². The first-order valence-corrected chi connectivity index (χ1v) is 4.10. The molecule has 1 rings (SSSR count). The molecule has 0 aromatic heterocycles. The monoisotopic (exact) mass is 185 g/mol. The minimum atomic E-state index is -0.129. The summed E-state index contributed by atoms with van der Waals surface area (Å²) in [6.45, 7) is 1.43. The van der Waals surface area contributed by atoms with Crippen molar-refractivity contribution in [3.05, 3.63) is 24.3 Å². The predicted molar refractivity (Wildman–Crippen MR) is 47.7 cm³/mol. The van der Waals surface area contributed by atoms with Crippen molar-refractivity contribution in [2.24, 2.45) is 0 Å². The third-order valence-electron chi connectivity index (χ3n) is 1.26. The highest BCUT2D eigenvalue weighted by molar-refractivity contribution is 7.94. The van der Waals surface area contributed by atoms with Gasteiger partial charge in [0, 0.05) is 17.5 Å². The van der Waals surface area contributed by atoms with E-state index in [9.17, 15) is 8.68 Å². The van der Waals surface area contributed by atoms with Crippen LogP contribution in [0.15, 0.2) is 29.2 Å². The second-order valence-corrected chi connectivity index (χ2v) is 2.91. The van der Waals surface area contributed by atoms with Gasteiger partial charge in [0.2, 0.25) is 5.91 Å². The van der Waals surface area contributed by atoms with Crippen molar-refractivity contribution >= 4 is 23.7 Å². The zero-order chi connectivity index (χ0) is 8.97. The second-order valence-electron chi connectivity index (χ2n) is 2.28. The van der Waals surface area contributed by atoms with E-state index >= 15 is 0 Å². The maximum atomic E-state index is 11.9. The Balaban J connectivity index is 2.71. The zero-order valence-electron chi connectivity index (χ0n) is 6.50. The average Bonchev–Trinajstić information content (AvgIpc) is 2.05. The van der Waals surface area contributed by atoms with Crippen molar-refractivity contribution in [1.29, 1.82) is 0 Å². The smallest absolute Gasteiger partial charge is 0.221 e. The number of hydrogen-bond acceptors (Lipinski definition) is 2. The van der Waals surface area contributed by atoms with E-state index in [4.69, 9.17) is 0 Å². The van der Waals surface area contributed by atoms with Gasteiger partial charge in [-0.05, 0) is 24.3 Å². The lowest BCUT2D eigenvalue weighted by Gasteiger charge is -2.00. The summed E-state index contributed by atoms with van der Waals surface area (Å²) in [5.74, 6) is -0.129. The molecule has 0 bridgehead atoms. The largest absolute Gasteiger partial charge is 0.326 e. The van der Waals surface area contributed by atoms with Crippen molar-refractivity contribution < 1.29 is 8.68 Å². The van der Waals surface area contributed by atoms with Crippen molar-refractivity contribution in [3.8, 4) is 0 Å². The van der Waals surface area contributed by atoms with Gasteiger partial charge in [0.25, 0.3) is 0 Å². The molecule has 12 heavy (non-hydrogen) atoms. The third-order valence-corrected chi connectivity index (χ3v) is 1.71. The predicted octanol–water partition coefficient (Wildman–Crippen LogP) is 2.62. The Kier molecular flexibility index (Phi) is 3.10. The molecule has 1 amide bonds. The van der Waals surface area contributed by atoms with Gasteiger partial charge in [-0.1, -0.05) is 0 Å². The molecule has 0 aliphatic rings. The molecule has 0 radical (unpaired) electrons. The molecule has 4 heteroatoms. The van der Waals surface area contributed by atoms with Crippen LogP contribution in [0.1, 0.15) is 6.92 Å². The van der Waals surface area contributed by atoms with Gasteiger partial charge in [0.05, 0.1) is 12.1 Å². The number of rotatable bonds is 2. The van der Waals surface area contributed by atoms with Gasteiger partial charge < -0.3 is 5.32 Å². The highest BCUT2D eigenvalue weighted by Gasteiger charge is 1.95. The molecule has 1 aromatic rings. The highest BCUT2D eigenvalue weighted by atomic mass is 32.2. The van der Waals surface area contributed by atoms with E-state index in [1.165, 1.54) is 6.92 Å². The van der Waals surface area contributed by atoms with Crippen LogP contribution in [-0.4, -0.2) is 5.91 Å². The summed E-state index contributed by atoms with van der Waals surface area (Å²) in [5, 5.41) is 2.59. The van der Waals surface area contributed by atoms with E-state index in [0.29, 0.717) is 10.6 Å². The van der Waals surface area contributed by atoms with E-state index < -0.39 is 0 Å². The van der Waals surface area contributed by atoms with Crippen LogP contribution in [-0.2, 0) is 4.79 Å². The summed E-state index contributed by atoms with van der Waals surface area (Å²) in [5.41, 5.74) is 0.681. The van der Waals surface area contributed by atoms with Crippen molar-refractivity contribution in [3.63, 3.8) is 0 Å². The van der Waals surface area contributed by atoms with Gasteiger partial charge in [-0.25, -0.2) is 0 Å². The van der Waals surface area contributed by atoms with Crippen LogP contribution in [0.3, 0.4) is 0 Å². The van der Waals surface area contributed by atoms with Gasteiger partial charge in [0.15, 0.2) is 0 Å². The summed E-state index contributed by atoms with van der Waals surface area (Å²) in [7, 11) is 0. The summed E-state index contributed by atoms with van der Waals surface area (Å²) < 4.78 is 11.9. The van der Waals surface area contributed by atoms with Crippen molar-refractivity contribution in [2.45, 2.75) is 11.8 Å². The normalized spacial score (nSPS) is 9.50. The number of benzene rings is 1. The van der Waals surface area contributed by atoms with Crippen LogP contribution >= 0.6 is 12.1 Å². The molecule has 0 atom stereocenters. The maximum absolute atomic E-state index is 11.9. The fourth-order valence-electron chi connectivity index (χ4n) is 0.793. The molecule has 1 N–H and O–H groups in total. The maximum Gasteiger partial charge on any atom is 0.221 e. The summed E-state index contributed by atoms with van der Waals surface area (Å²) in [6, 6.07) is 6.53. The molecular weight excluding hydrogens is 177 g/mol. The number of amides is 1. The van der Waals surface area contributed by atoms with Gasteiger partial charge in [-0.3, -0.25) is 4.79 Å². The Morgan fingerprint density at radius 2 is 2.00 bits per heavy atom. The first-order chi connectivity index (χ1) is 5.72. The van der Waals surface area contributed by atoms with Crippen molar-refractivity contribution in [2.75, 3.05) is 5.32 Å². The molecule has 2 nitrogen and oxygen atoms in total. The van der Waals surface area contributed by atoms with Gasteiger partial charge >= 0.3 is 0 Å². The van der Waals surface area contributed by atoms with E-state index in [2.05, 4.69) is 5.32 Å². The molecule has 0 saturated heterocycles. The lowest BCUT2D eigenvalue weighted by Crippen LogP contribution is -2.05. The Labute approximate surface area is 74.5 Å². The number of anilines is 1.